The molecule has 0 aliphatic heterocycles. The molecule has 0 radical (unpaired) electrons. The van der Waals surface area contributed by atoms with Crippen molar-refractivity contribution in [3.8, 4) is 11.4 Å². The Morgan fingerprint density at radius 3 is 2.83 bits per heavy atom. The van der Waals surface area contributed by atoms with E-state index in [1.165, 1.54) is 0 Å². The summed E-state index contributed by atoms with van der Waals surface area (Å²) < 4.78 is 0. The predicted octanol–water partition coefficient (Wildman–Crippen LogP) is 2.04. The van der Waals surface area contributed by atoms with Crippen LogP contribution in [-0.2, 0) is 6.42 Å². The van der Waals surface area contributed by atoms with E-state index in [1.54, 1.807) is 12.3 Å². The molecule has 0 unspecified atom stereocenters. The van der Waals surface area contributed by atoms with Gasteiger partial charge in [0.15, 0.2) is 0 Å². The second-order valence-electron chi connectivity index (χ2n) is 5.54. The van der Waals surface area contributed by atoms with Crippen LogP contribution in [0.1, 0.15) is 30.2 Å². The van der Waals surface area contributed by atoms with Crippen LogP contribution in [0.5, 0.6) is 0 Å². The lowest BCUT2D eigenvalue weighted by Gasteiger charge is -1.98. The van der Waals surface area contributed by atoms with Crippen LogP contribution in [0.3, 0.4) is 0 Å². The van der Waals surface area contributed by atoms with Gasteiger partial charge in [0.1, 0.15) is 17.2 Å². The lowest BCUT2D eigenvalue weighted by Crippen LogP contribution is -2.13. The maximum Gasteiger partial charge on any atom is 0.276 e. The highest BCUT2D eigenvalue weighted by molar-refractivity contribution is 6.02. The molecule has 3 aromatic heterocycles. The third-order valence-electron chi connectivity index (χ3n) is 3.11. The summed E-state index contributed by atoms with van der Waals surface area (Å²) in [4.78, 5) is 20.6. The summed E-state index contributed by atoms with van der Waals surface area (Å²) in [6.07, 6.45) is 2.45. The molecule has 0 aromatic carbocycles. The van der Waals surface area contributed by atoms with Gasteiger partial charge in [-0.3, -0.25) is 25.3 Å². The molecule has 0 spiro atoms. The Labute approximate surface area is 132 Å². The quantitative estimate of drug-likeness (QED) is 0.667. The number of nitrogens with one attached hydrogen (secondary N) is 3. The highest BCUT2D eigenvalue weighted by Gasteiger charge is 2.14. The van der Waals surface area contributed by atoms with E-state index in [-0.39, 0.29) is 11.9 Å². The summed E-state index contributed by atoms with van der Waals surface area (Å²) >= 11 is 0. The summed E-state index contributed by atoms with van der Waals surface area (Å²) in [6.45, 7) is 4.18. The van der Waals surface area contributed by atoms with Crippen molar-refractivity contribution in [2.24, 2.45) is 5.92 Å². The molecule has 0 fully saturated rings. The molecule has 3 N–H and O–H groups in total. The SMILES string of the molecule is CC(C)Cc1nc(NC(=O)c2cc(-c3ccccn3)n[nH]2)n[nH]1. The average molecular weight is 311 g/mol. The van der Waals surface area contributed by atoms with Crippen molar-refractivity contribution in [3.05, 3.63) is 42.0 Å². The van der Waals surface area contributed by atoms with Gasteiger partial charge >= 0.3 is 0 Å². The van der Waals surface area contributed by atoms with Gasteiger partial charge in [-0.2, -0.15) is 10.1 Å². The first kappa shape index (κ1) is 14.9. The summed E-state index contributed by atoms with van der Waals surface area (Å²) in [5.74, 6) is 1.10. The minimum Gasteiger partial charge on any atom is -0.288 e. The van der Waals surface area contributed by atoms with E-state index in [0.29, 0.717) is 23.0 Å². The molecule has 118 valence electrons. The van der Waals surface area contributed by atoms with Gasteiger partial charge in [0.25, 0.3) is 5.91 Å². The molecule has 8 heteroatoms. The van der Waals surface area contributed by atoms with E-state index in [2.05, 4.69) is 49.5 Å². The van der Waals surface area contributed by atoms with Gasteiger partial charge in [-0.1, -0.05) is 19.9 Å². The van der Waals surface area contributed by atoms with Crippen molar-refractivity contribution in [1.29, 1.82) is 0 Å². The van der Waals surface area contributed by atoms with Crippen molar-refractivity contribution in [2.45, 2.75) is 20.3 Å². The monoisotopic (exact) mass is 311 g/mol. The number of nitrogens with zero attached hydrogens (tertiary/aromatic N) is 4. The third-order valence-corrected chi connectivity index (χ3v) is 3.11. The lowest BCUT2D eigenvalue weighted by molar-refractivity contribution is 0.102. The highest BCUT2D eigenvalue weighted by Crippen LogP contribution is 2.15. The van der Waals surface area contributed by atoms with E-state index in [1.807, 2.05) is 18.2 Å². The Bertz CT molecular complexity index is 791. The number of pyridine rings is 1. The maximum absolute atomic E-state index is 12.2. The Hall–Kier alpha value is -3.03. The third kappa shape index (κ3) is 3.60. The number of hydrogen-bond donors (Lipinski definition) is 3. The molecular formula is C15H17N7O. The van der Waals surface area contributed by atoms with Crippen LogP contribution in [0.4, 0.5) is 5.95 Å². The molecule has 0 saturated carbocycles. The van der Waals surface area contributed by atoms with Crippen LogP contribution in [-0.4, -0.2) is 36.3 Å². The molecule has 0 aliphatic rings. The molecule has 3 heterocycles. The van der Waals surface area contributed by atoms with E-state index >= 15 is 0 Å². The van der Waals surface area contributed by atoms with Crippen LogP contribution >= 0.6 is 0 Å². The molecule has 1 amide bonds. The lowest BCUT2D eigenvalue weighted by atomic mass is 10.1. The molecule has 3 aromatic rings. The van der Waals surface area contributed by atoms with E-state index in [9.17, 15) is 4.79 Å². The Kier molecular flexibility index (Phi) is 4.13. The van der Waals surface area contributed by atoms with Crippen molar-refractivity contribution in [2.75, 3.05) is 5.32 Å². The first-order valence-electron chi connectivity index (χ1n) is 7.31. The minimum absolute atomic E-state index is 0.250. The second kappa shape index (κ2) is 6.39. The number of carbonyl (C=O) groups excluding carboxylic acids is 1. The van der Waals surface area contributed by atoms with Crippen molar-refractivity contribution >= 4 is 11.9 Å². The van der Waals surface area contributed by atoms with E-state index in [4.69, 9.17) is 0 Å². The van der Waals surface area contributed by atoms with Gasteiger partial charge in [-0.25, -0.2) is 0 Å². The zero-order valence-corrected chi connectivity index (χ0v) is 12.9. The number of aromatic amines is 2. The average Bonchev–Trinajstić information content (AvgIpc) is 3.17. The highest BCUT2D eigenvalue weighted by atomic mass is 16.2. The smallest absolute Gasteiger partial charge is 0.276 e. The molecule has 23 heavy (non-hydrogen) atoms. The zero-order valence-electron chi connectivity index (χ0n) is 12.9. The van der Waals surface area contributed by atoms with Crippen molar-refractivity contribution in [3.63, 3.8) is 0 Å². The molecule has 0 bridgehead atoms. The molecule has 0 atom stereocenters. The number of H-pyrrole nitrogens is 2. The predicted molar refractivity (Wildman–Crippen MR) is 84.7 cm³/mol. The fourth-order valence-corrected chi connectivity index (χ4v) is 2.08. The zero-order chi connectivity index (χ0) is 16.2. The number of rotatable bonds is 5. The number of amides is 1. The molecular weight excluding hydrogens is 294 g/mol. The topological polar surface area (TPSA) is 112 Å². The van der Waals surface area contributed by atoms with Crippen LogP contribution in [0.2, 0.25) is 0 Å². The molecule has 3 rings (SSSR count). The number of hydrogen-bond acceptors (Lipinski definition) is 5. The van der Waals surface area contributed by atoms with Crippen LogP contribution in [0.25, 0.3) is 11.4 Å². The summed E-state index contributed by atoms with van der Waals surface area (Å²) in [5, 5.41) is 16.2. The minimum atomic E-state index is -0.352. The number of carbonyl (C=O) groups is 1. The van der Waals surface area contributed by atoms with Gasteiger partial charge in [0.2, 0.25) is 5.95 Å². The summed E-state index contributed by atoms with van der Waals surface area (Å²) in [6, 6.07) is 7.15. The van der Waals surface area contributed by atoms with Gasteiger partial charge in [0, 0.05) is 12.6 Å². The fraction of sp³-hybridized carbons (Fsp3) is 0.267. The molecule has 0 aliphatic carbocycles. The van der Waals surface area contributed by atoms with Gasteiger partial charge in [-0.15, -0.1) is 5.10 Å². The first-order chi connectivity index (χ1) is 11.1. The summed E-state index contributed by atoms with van der Waals surface area (Å²) in [7, 11) is 0. The van der Waals surface area contributed by atoms with Crippen molar-refractivity contribution in [1.82, 2.24) is 30.4 Å². The van der Waals surface area contributed by atoms with Crippen LogP contribution in [0, 0.1) is 5.92 Å². The van der Waals surface area contributed by atoms with E-state index < -0.39 is 0 Å². The van der Waals surface area contributed by atoms with Crippen LogP contribution in [0.15, 0.2) is 30.5 Å². The normalized spacial score (nSPS) is 10.9. The fourth-order valence-electron chi connectivity index (χ4n) is 2.08. The standard InChI is InChI=1S/C15H17N7O/c1-9(2)7-13-17-15(22-21-13)18-14(23)12-8-11(19-20-12)10-5-3-4-6-16-10/h3-6,8-9H,7H2,1-2H3,(H,19,20)(H2,17,18,21,22,23). The largest absolute Gasteiger partial charge is 0.288 e. The number of anilines is 1. The van der Waals surface area contributed by atoms with Gasteiger partial charge < -0.3 is 0 Å². The Balaban J connectivity index is 1.69. The second-order valence-corrected chi connectivity index (χ2v) is 5.54. The Morgan fingerprint density at radius 2 is 2.09 bits per heavy atom. The van der Waals surface area contributed by atoms with E-state index in [0.717, 1.165) is 12.2 Å². The summed E-state index contributed by atoms with van der Waals surface area (Å²) in [5.41, 5.74) is 1.62. The Morgan fingerprint density at radius 1 is 1.22 bits per heavy atom. The first-order valence-corrected chi connectivity index (χ1v) is 7.31. The maximum atomic E-state index is 12.2. The number of aromatic nitrogens is 6. The van der Waals surface area contributed by atoms with Gasteiger partial charge in [-0.05, 0) is 24.1 Å². The van der Waals surface area contributed by atoms with Crippen LogP contribution < -0.4 is 5.32 Å². The van der Waals surface area contributed by atoms with Crippen molar-refractivity contribution < 1.29 is 4.79 Å². The molecule has 0 saturated heterocycles. The molecule has 8 nitrogen and oxygen atoms in total. The van der Waals surface area contributed by atoms with Gasteiger partial charge in [0.05, 0.1) is 5.69 Å².